The van der Waals surface area contributed by atoms with Gasteiger partial charge in [0, 0.05) is 18.6 Å². The maximum atomic E-state index is 11.5. The quantitative estimate of drug-likeness (QED) is 0.0536. The van der Waals surface area contributed by atoms with Crippen molar-refractivity contribution in [1.82, 2.24) is 11.0 Å². The van der Waals surface area contributed by atoms with Crippen molar-refractivity contribution in [3.8, 4) is 0 Å². The molecule has 1 heterocycles. The Morgan fingerprint density at radius 2 is 2.11 bits per heavy atom. The van der Waals surface area contributed by atoms with Gasteiger partial charge in [-0.1, -0.05) is 18.2 Å². The zero-order chi connectivity index (χ0) is 25.3. The number of nitrogens with one attached hydrogen (secondary N) is 3. The molecule has 2 rings (SSSR count). The first-order chi connectivity index (χ1) is 16.0. The molecule has 13 nitrogen and oxygen atoms in total. The summed E-state index contributed by atoms with van der Waals surface area (Å²) >= 11 is 0. The van der Waals surface area contributed by atoms with Crippen molar-refractivity contribution >= 4 is 33.2 Å². The van der Waals surface area contributed by atoms with Gasteiger partial charge in [-0.2, -0.15) is 4.94 Å². The molecule has 7 N–H and O–H groups in total. The number of carboxylic acid groups (broad SMARTS) is 1. The predicted molar refractivity (Wildman–Crippen MR) is 122 cm³/mol. The fraction of sp³-hybridized carbons (Fsp3) is 0.400. The molecular formula is C20H28N5NaO8S. The van der Waals surface area contributed by atoms with Crippen molar-refractivity contribution < 1.29 is 67.8 Å². The Balaban J connectivity index is 0.00000612. The van der Waals surface area contributed by atoms with Gasteiger partial charge in [-0.15, -0.1) is 0 Å². The molecule has 0 saturated carbocycles. The van der Waals surface area contributed by atoms with Gasteiger partial charge in [0.15, 0.2) is 0 Å². The number of hydroxylamine groups is 2. The third-order valence-electron chi connectivity index (χ3n) is 4.56. The van der Waals surface area contributed by atoms with E-state index in [4.69, 9.17) is 20.5 Å². The largest absolute Gasteiger partial charge is 1.00 e. The monoisotopic (exact) mass is 521 g/mol. The summed E-state index contributed by atoms with van der Waals surface area (Å²) in [5.41, 5.74) is 11.8. The topological polar surface area (TPSA) is 208 Å². The van der Waals surface area contributed by atoms with Crippen molar-refractivity contribution in [2.24, 2.45) is 10.7 Å². The van der Waals surface area contributed by atoms with E-state index in [1.165, 1.54) is 12.3 Å². The molecule has 35 heavy (non-hydrogen) atoms. The van der Waals surface area contributed by atoms with Crippen molar-refractivity contribution in [2.45, 2.75) is 38.0 Å². The Hall–Kier alpha value is -2.33. The van der Waals surface area contributed by atoms with Crippen LogP contribution < -0.4 is 56.1 Å². The molecule has 0 spiro atoms. The van der Waals surface area contributed by atoms with E-state index < -0.39 is 40.0 Å². The molecule has 0 bridgehead atoms. The van der Waals surface area contributed by atoms with Crippen LogP contribution in [0.5, 0.6) is 0 Å². The number of carbonyl (C=O) groups excluding carboxylic acids is 1. The molecule has 188 valence electrons. The summed E-state index contributed by atoms with van der Waals surface area (Å²) < 4.78 is 30.7. The average Bonchev–Trinajstić information content (AvgIpc) is 2.76. The van der Waals surface area contributed by atoms with Crippen LogP contribution >= 0.6 is 0 Å². The summed E-state index contributed by atoms with van der Waals surface area (Å²) in [7, 11) is -3.50. The molecule has 0 saturated heterocycles. The normalized spacial score (nSPS) is 19.5. The Labute approximate surface area is 225 Å². The fourth-order valence-electron chi connectivity index (χ4n) is 3.10. The summed E-state index contributed by atoms with van der Waals surface area (Å²) in [5, 5.41) is 30.3. The molecule has 0 aliphatic carbocycles. The molecule has 3 unspecified atom stereocenters. The number of nitrogens with two attached hydrogens (primary N) is 1. The smallest absolute Gasteiger partial charge is 0.542 e. The first kappa shape index (κ1) is 30.7. The maximum Gasteiger partial charge on any atom is 1.00 e. The molecule has 1 aliphatic heterocycles. The van der Waals surface area contributed by atoms with Gasteiger partial charge >= 0.3 is 29.6 Å². The number of benzene rings is 1. The molecule has 0 amide bonds. The number of sulfonamides is 1. The van der Waals surface area contributed by atoms with Gasteiger partial charge < -0.3 is 30.6 Å². The molecular weight excluding hydrogens is 493 g/mol. The van der Waals surface area contributed by atoms with E-state index in [9.17, 15) is 23.4 Å². The zero-order valence-electron chi connectivity index (χ0n) is 19.6. The van der Waals surface area contributed by atoms with Crippen LogP contribution in [0.4, 0.5) is 5.69 Å². The molecule has 15 heteroatoms. The number of amidine groups is 1. The van der Waals surface area contributed by atoms with E-state index in [0.717, 1.165) is 6.26 Å². The van der Waals surface area contributed by atoms with Crippen LogP contribution in [0.15, 0.2) is 47.3 Å². The van der Waals surface area contributed by atoms with Crippen molar-refractivity contribution in [2.75, 3.05) is 17.6 Å². The van der Waals surface area contributed by atoms with Crippen LogP contribution in [0.3, 0.4) is 0 Å². The number of carbonyl (C=O) groups is 1. The number of nitrogens with zero attached hydrogens (tertiary/aromatic N) is 1. The van der Waals surface area contributed by atoms with Crippen molar-refractivity contribution in [1.29, 1.82) is 0 Å². The van der Waals surface area contributed by atoms with E-state index >= 15 is 0 Å². The molecule has 1 aromatic carbocycles. The predicted octanol–water partition coefficient (Wildman–Crippen LogP) is -4.70. The number of carboxylic acids is 1. The number of hydrogen-bond donors (Lipinski definition) is 6. The third kappa shape index (κ3) is 10.0. The van der Waals surface area contributed by atoms with Crippen molar-refractivity contribution in [3.63, 3.8) is 0 Å². The Kier molecular flexibility index (Phi) is 12.5. The minimum absolute atomic E-state index is 0. The van der Waals surface area contributed by atoms with Crippen LogP contribution in [-0.2, 0) is 24.5 Å². The molecule has 3 atom stereocenters. The van der Waals surface area contributed by atoms with E-state index in [1.807, 2.05) is 0 Å². The second-order valence-electron chi connectivity index (χ2n) is 7.38. The maximum absolute atomic E-state index is 11.5. The van der Waals surface area contributed by atoms with Gasteiger partial charge in [0.05, 0.1) is 36.0 Å². The number of aliphatic imine (C=N–C) groups is 1. The standard InChI is InChI=1S/C20H29N5O8S.Na/c1-12(23-16-7-8-18(20(28)29)32-19(16)17(27)9-10-26)24-33-22-11-14(21)13-5-3-4-6-15(13)25-34(2,30)31;/h3-6,8,11,16-17,19,22,25-27H,7,9-10,21H2,1-2H3,(H,23,24)(H,28,29);/q;+1/p-1/b14-11+;. The van der Waals surface area contributed by atoms with Gasteiger partial charge in [-0.25, -0.2) is 19.4 Å². The van der Waals surface area contributed by atoms with Crippen LogP contribution in [0.1, 0.15) is 25.3 Å². The van der Waals surface area contributed by atoms with Gasteiger partial charge in [-0.05, 0) is 25.5 Å². The second-order valence-corrected chi connectivity index (χ2v) is 9.13. The Morgan fingerprint density at radius 1 is 1.43 bits per heavy atom. The first-order valence-corrected chi connectivity index (χ1v) is 12.0. The minimum atomic E-state index is -3.50. The van der Waals surface area contributed by atoms with E-state index in [-0.39, 0.29) is 60.5 Å². The number of anilines is 1. The first-order valence-electron chi connectivity index (χ1n) is 10.1. The van der Waals surface area contributed by atoms with Crippen LogP contribution in [0, 0.1) is 0 Å². The number of rotatable bonds is 11. The third-order valence-corrected chi connectivity index (χ3v) is 5.15. The second kappa shape index (κ2) is 14.3. The SMILES string of the molecule is CC(=NC1CC=C(C(=O)[O-])OC1C(O)CCO)NON/C=C(/N)c1ccccc1NS(C)(=O)=O.[Na+]. The Bertz CT molecular complexity index is 1060. The zero-order valence-corrected chi connectivity index (χ0v) is 22.4. The van der Waals surface area contributed by atoms with Crippen LogP contribution in [0.2, 0.25) is 0 Å². The number of hydrogen-bond acceptors (Lipinski definition) is 11. The van der Waals surface area contributed by atoms with Crippen LogP contribution in [0.25, 0.3) is 5.70 Å². The van der Waals surface area contributed by atoms with Gasteiger partial charge in [0.2, 0.25) is 10.0 Å². The Morgan fingerprint density at radius 3 is 2.74 bits per heavy atom. The molecule has 1 aromatic rings. The van der Waals surface area contributed by atoms with Gasteiger partial charge in [0.1, 0.15) is 23.7 Å². The summed E-state index contributed by atoms with van der Waals surface area (Å²) in [4.78, 5) is 20.5. The minimum Gasteiger partial charge on any atom is -0.542 e. The summed E-state index contributed by atoms with van der Waals surface area (Å²) in [6, 6.07) is 5.86. The van der Waals surface area contributed by atoms with Gasteiger partial charge in [0.25, 0.3) is 0 Å². The molecule has 0 fully saturated rings. The van der Waals surface area contributed by atoms with Crippen LogP contribution in [-0.4, -0.2) is 61.5 Å². The van der Waals surface area contributed by atoms with Crippen molar-refractivity contribution in [3.05, 3.63) is 47.9 Å². The van der Waals surface area contributed by atoms with E-state index in [0.29, 0.717) is 11.3 Å². The number of ether oxygens (including phenoxy) is 1. The summed E-state index contributed by atoms with van der Waals surface area (Å²) in [6.07, 6.45) is 1.57. The summed E-state index contributed by atoms with van der Waals surface area (Å²) in [6.45, 7) is 1.25. The number of aliphatic carboxylic acids is 1. The molecule has 0 radical (unpaired) electrons. The number of aliphatic hydroxyl groups is 2. The number of aliphatic hydroxyl groups excluding tert-OH is 2. The summed E-state index contributed by atoms with van der Waals surface area (Å²) in [5.74, 6) is -1.65. The average molecular weight is 522 g/mol. The van der Waals surface area contributed by atoms with Gasteiger partial charge in [-0.3, -0.25) is 9.71 Å². The molecule has 0 aromatic heterocycles. The van der Waals surface area contributed by atoms with E-state index in [2.05, 4.69) is 20.7 Å². The molecule has 1 aliphatic rings. The van der Waals surface area contributed by atoms with E-state index in [1.54, 1.807) is 31.2 Å². The number of para-hydroxylation sites is 1. The fourth-order valence-corrected chi connectivity index (χ4v) is 3.67.